The normalized spacial score (nSPS) is 12.2. The molecule has 16 heavy (non-hydrogen) atoms. The van der Waals surface area contributed by atoms with Crippen molar-refractivity contribution in [3.63, 3.8) is 0 Å². The second-order valence-corrected chi connectivity index (χ2v) is 4.85. The molecule has 0 heterocycles. The van der Waals surface area contributed by atoms with Gasteiger partial charge in [-0.05, 0) is 32.2 Å². The highest BCUT2D eigenvalue weighted by Crippen LogP contribution is 2.21. The Balaban J connectivity index is 2.66. The Bertz CT molecular complexity index is 384. The van der Waals surface area contributed by atoms with Crippen molar-refractivity contribution in [2.24, 2.45) is 0 Å². The number of rotatable bonds is 4. The molecule has 0 radical (unpaired) electrons. The number of nitrogens with one attached hydrogen (secondary N) is 2. The number of carbonyl (C=O) groups excluding carboxylic acids is 1. The molecule has 1 aromatic carbocycles. The van der Waals surface area contributed by atoms with Crippen molar-refractivity contribution in [1.29, 1.82) is 0 Å². The predicted octanol–water partition coefficient (Wildman–Crippen LogP) is 2.44. The molecule has 0 saturated carbocycles. The van der Waals surface area contributed by atoms with Gasteiger partial charge in [0.25, 0.3) is 5.91 Å². The van der Waals surface area contributed by atoms with E-state index < -0.39 is 0 Å². The SMILES string of the molecule is CNC(C)CNC(=O)c1ccc(Br)cc1Cl. The molecule has 0 fully saturated rings. The Hall–Kier alpha value is -0.580. The van der Waals surface area contributed by atoms with Crippen LogP contribution < -0.4 is 10.6 Å². The van der Waals surface area contributed by atoms with Gasteiger partial charge in [0.15, 0.2) is 0 Å². The van der Waals surface area contributed by atoms with E-state index in [0.717, 1.165) is 4.47 Å². The van der Waals surface area contributed by atoms with E-state index in [1.165, 1.54) is 0 Å². The van der Waals surface area contributed by atoms with Crippen LogP contribution in [0.3, 0.4) is 0 Å². The van der Waals surface area contributed by atoms with Gasteiger partial charge in [-0.15, -0.1) is 0 Å². The zero-order chi connectivity index (χ0) is 12.1. The second kappa shape index (κ2) is 6.23. The van der Waals surface area contributed by atoms with Crippen molar-refractivity contribution in [2.45, 2.75) is 13.0 Å². The third-order valence-electron chi connectivity index (χ3n) is 2.24. The minimum absolute atomic E-state index is 0.153. The van der Waals surface area contributed by atoms with Crippen LogP contribution in [0.15, 0.2) is 22.7 Å². The molecule has 0 aliphatic heterocycles. The fourth-order valence-electron chi connectivity index (χ4n) is 1.12. The van der Waals surface area contributed by atoms with Crippen LogP contribution in [0.5, 0.6) is 0 Å². The lowest BCUT2D eigenvalue weighted by molar-refractivity contribution is 0.0950. The minimum atomic E-state index is -0.153. The van der Waals surface area contributed by atoms with Crippen LogP contribution in [0.4, 0.5) is 0 Å². The molecular weight excluding hydrogens is 291 g/mol. The first-order chi connectivity index (χ1) is 7.54. The third kappa shape index (κ3) is 3.77. The van der Waals surface area contributed by atoms with Gasteiger partial charge in [0.2, 0.25) is 0 Å². The molecule has 88 valence electrons. The van der Waals surface area contributed by atoms with E-state index >= 15 is 0 Å². The number of hydrogen-bond acceptors (Lipinski definition) is 2. The summed E-state index contributed by atoms with van der Waals surface area (Å²) in [5.74, 6) is -0.153. The van der Waals surface area contributed by atoms with E-state index in [-0.39, 0.29) is 11.9 Å². The molecule has 0 aliphatic rings. The van der Waals surface area contributed by atoms with Gasteiger partial charge in [0.05, 0.1) is 10.6 Å². The van der Waals surface area contributed by atoms with E-state index in [1.54, 1.807) is 18.2 Å². The van der Waals surface area contributed by atoms with Gasteiger partial charge in [-0.2, -0.15) is 0 Å². The van der Waals surface area contributed by atoms with E-state index in [1.807, 2.05) is 14.0 Å². The fraction of sp³-hybridized carbons (Fsp3) is 0.364. The lowest BCUT2D eigenvalue weighted by Gasteiger charge is -2.12. The summed E-state index contributed by atoms with van der Waals surface area (Å²) >= 11 is 9.26. The predicted molar refractivity (Wildman–Crippen MR) is 70.0 cm³/mol. The van der Waals surface area contributed by atoms with Gasteiger partial charge < -0.3 is 10.6 Å². The van der Waals surface area contributed by atoms with E-state index in [4.69, 9.17) is 11.6 Å². The first-order valence-electron chi connectivity index (χ1n) is 4.95. The minimum Gasteiger partial charge on any atom is -0.350 e. The summed E-state index contributed by atoms with van der Waals surface area (Å²) in [4.78, 5) is 11.8. The Morgan fingerprint density at radius 3 is 2.81 bits per heavy atom. The molecule has 0 aliphatic carbocycles. The Kier molecular flexibility index (Phi) is 5.25. The molecule has 1 atom stereocenters. The average Bonchev–Trinajstić information content (AvgIpc) is 2.25. The third-order valence-corrected chi connectivity index (χ3v) is 3.04. The van der Waals surface area contributed by atoms with E-state index in [2.05, 4.69) is 26.6 Å². The molecule has 0 saturated heterocycles. The lowest BCUT2D eigenvalue weighted by atomic mass is 10.2. The number of amides is 1. The number of carbonyl (C=O) groups is 1. The van der Waals surface area contributed by atoms with Gasteiger partial charge in [-0.25, -0.2) is 0 Å². The van der Waals surface area contributed by atoms with Crippen LogP contribution in [-0.4, -0.2) is 25.5 Å². The summed E-state index contributed by atoms with van der Waals surface area (Å²) < 4.78 is 0.859. The first-order valence-corrected chi connectivity index (χ1v) is 6.12. The maximum Gasteiger partial charge on any atom is 0.252 e. The van der Waals surface area contributed by atoms with Gasteiger partial charge in [0.1, 0.15) is 0 Å². The Morgan fingerprint density at radius 2 is 2.25 bits per heavy atom. The van der Waals surface area contributed by atoms with Gasteiger partial charge >= 0.3 is 0 Å². The highest BCUT2D eigenvalue weighted by atomic mass is 79.9. The highest BCUT2D eigenvalue weighted by molar-refractivity contribution is 9.10. The summed E-state index contributed by atoms with van der Waals surface area (Å²) in [7, 11) is 1.85. The highest BCUT2D eigenvalue weighted by Gasteiger charge is 2.10. The summed E-state index contributed by atoms with van der Waals surface area (Å²) in [5.41, 5.74) is 0.494. The molecular formula is C11H14BrClN2O. The molecule has 1 amide bonds. The number of likely N-dealkylation sites (N-methyl/N-ethyl adjacent to an activating group) is 1. The zero-order valence-corrected chi connectivity index (χ0v) is 11.5. The van der Waals surface area contributed by atoms with Crippen LogP contribution in [-0.2, 0) is 0 Å². The van der Waals surface area contributed by atoms with Crippen LogP contribution in [0, 0.1) is 0 Å². The topological polar surface area (TPSA) is 41.1 Å². The van der Waals surface area contributed by atoms with Crippen molar-refractivity contribution in [1.82, 2.24) is 10.6 Å². The second-order valence-electron chi connectivity index (χ2n) is 3.52. The maximum atomic E-state index is 11.8. The zero-order valence-electron chi connectivity index (χ0n) is 9.18. The lowest BCUT2D eigenvalue weighted by Crippen LogP contribution is -2.37. The standard InChI is InChI=1S/C11H14BrClN2O/c1-7(14-2)6-15-11(16)9-4-3-8(12)5-10(9)13/h3-5,7,14H,6H2,1-2H3,(H,15,16). The van der Waals surface area contributed by atoms with Crippen molar-refractivity contribution in [3.05, 3.63) is 33.3 Å². The number of hydrogen-bond donors (Lipinski definition) is 2. The average molecular weight is 306 g/mol. The summed E-state index contributed by atoms with van der Waals surface area (Å²) in [6.07, 6.45) is 0. The molecule has 5 heteroatoms. The van der Waals surface area contributed by atoms with Crippen molar-refractivity contribution >= 4 is 33.4 Å². The molecule has 1 rings (SSSR count). The molecule has 1 unspecified atom stereocenters. The maximum absolute atomic E-state index is 11.8. The summed E-state index contributed by atoms with van der Waals surface area (Å²) in [6, 6.07) is 5.43. The molecule has 0 aromatic heterocycles. The van der Waals surface area contributed by atoms with Crippen LogP contribution in [0.1, 0.15) is 17.3 Å². The summed E-state index contributed by atoms with van der Waals surface area (Å²) in [6.45, 7) is 2.56. The fourth-order valence-corrected chi connectivity index (χ4v) is 1.88. The molecule has 3 nitrogen and oxygen atoms in total. The Morgan fingerprint density at radius 1 is 1.56 bits per heavy atom. The van der Waals surface area contributed by atoms with Gasteiger partial charge in [0, 0.05) is 17.1 Å². The quantitative estimate of drug-likeness (QED) is 0.897. The largest absolute Gasteiger partial charge is 0.350 e. The molecule has 2 N–H and O–H groups in total. The van der Waals surface area contributed by atoms with Crippen molar-refractivity contribution < 1.29 is 4.79 Å². The van der Waals surface area contributed by atoms with Gasteiger partial charge in [-0.1, -0.05) is 27.5 Å². The number of halogens is 2. The van der Waals surface area contributed by atoms with Gasteiger partial charge in [-0.3, -0.25) is 4.79 Å². The Labute approximate surface area is 109 Å². The smallest absolute Gasteiger partial charge is 0.252 e. The molecule has 0 spiro atoms. The van der Waals surface area contributed by atoms with Crippen LogP contribution >= 0.6 is 27.5 Å². The van der Waals surface area contributed by atoms with Crippen LogP contribution in [0.2, 0.25) is 5.02 Å². The van der Waals surface area contributed by atoms with Crippen molar-refractivity contribution in [2.75, 3.05) is 13.6 Å². The monoisotopic (exact) mass is 304 g/mol. The molecule has 0 bridgehead atoms. The van der Waals surface area contributed by atoms with Crippen molar-refractivity contribution in [3.8, 4) is 0 Å². The first kappa shape index (κ1) is 13.5. The summed E-state index contributed by atoms with van der Waals surface area (Å²) in [5, 5.41) is 6.30. The van der Waals surface area contributed by atoms with Crippen LogP contribution in [0.25, 0.3) is 0 Å². The number of benzene rings is 1. The van der Waals surface area contributed by atoms with E-state index in [0.29, 0.717) is 17.1 Å². The van der Waals surface area contributed by atoms with E-state index in [9.17, 15) is 4.79 Å². The molecule has 1 aromatic rings.